The van der Waals surface area contributed by atoms with Gasteiger partial charge in [-0.1, -0.05) is 12.1 Å². The van der Waals surface area contributed by atoms with Gasteiger partial charge in [-0.05, 0) is 22.6 Å². The molecule has 1 aromatic carbocycles. The molecule has 0 bridgehead atoms. The number of nitrogens with zero attached hydrogens (tertiary/aromatic N) is 6. The largest absolute Gasteiger partial charge is 0.416 e. The smallest absolute Gasteiger partial charge is 0.363 e. The van der Waals surface area contributed by atoms with Crippen molar-refractivity contribution in [1.29, 1.82) is 5.26 Å². The Bertz CT molecular complexity index is 915. The summed E-state index contributed by atoms with van der Waals surface area (Å²) in [5, 5.41) is 25.0. The zero-order chi connectivity index (χ0) is 17.9. The first-order valence-corrected chi connectivity index (χ1v) is 6.89. The fourth-order valence-corrected chi connectivity index (χ4v) is 2.02. The molecule has 0 saturated carbocycles. The lowest BCUT2D eigenvalue weighted by atomic mass is 10.1. The number of hydrogen-bond acceptors (Lipinski definition) is 7. The van der Waals surface area contributed by atoms with Crippen molar-refractivity contribution in [3.8, 4) is 17.3 Å². The van der Waals surface area contributed by atoms with Crippen molar-refractivity contribution in [2.45, 2.75) is 12.7 Å². The molecule has 0 atom stereocenters. The first kappa shape index (κ1) is 16.3. The SMILES string of the molecule is N#Cc1nc(NCc2nnn[nH]2)cc(-c2cccc(C(F)(F)F)c2)n1. The van der Waals surface area contributed by atoms with Gasteiger partial charge in [0.25, 0.3) is 0 Å². The molecular weight excluding hydrogens is 337 g/mol. The molecule has 2 N–H and O–H groups in total. The van der Waals surface area contributed by atoms with Crippen molar-refractivity contribution < 1.29 is 13.2 Å². The third-order valence-corrected chi connectivity index (χ3v) is 3.14. The molecule has 25 heavy (non-hydrogen) atoms. The van der Waals surface area contributed by atoms with Crippen molar-refractivity contribution in [2.24, 2.45) is 0 Å². The second kappa shape index (κ2) is 6.52. The van der Waals surface area contributed by atoms with Crippen molar-refractivity contribution in [2.75, 3.05) is 5.32 Å². The number of benzene rings is 1. The summed E-state index contributed by atoms with van der Waals surface area (Å²) < 4.78 is 38.6. The second-order valence-corrected chi connectivity index (χ2v) is 4.85. The number of aromatic amines is 1. The van der Waals surface area contributed by atoms with Crippen molar-refractivity contribution in [3.05, 3.63) is 47.5 Å². The molecule has 3 aromatic rings. The zero-order valence-corrected chi connectivity index (χ0v) is 12.4. The molecule has 0 unspecified atom stereocenters. The summed E-state index contributed by atoms with van der Waals surface area (Å²) in [5.74, 6) is 0.515. The molecule has 2 aromatic heterocycles. The van der Waals surface area contributed by atoms with Gasteiger partial charge in [0.15, 0.2) is 5.82 Å². The van der Waals surface area contributed by atoms with Crippen LogP contribution in [0.3, 0.4) is 0 Å². The number of aromatic nitrogens is 6. The third-order valence-electron chi connectivity index (χ3n) is 3.14. The number of halogens is 3. The lowest BCUT2D eigenvalue weighted by Crippen LogP contribution is -2.06. The van der Waals surface area contributed by atoms with E-state index in [-0.39, 0.29) is 29.4 Å². The Balaban J connectivity index is 1.93. The molecule has 126 valence electrons. The summed E-state index contributed by atoms with van der Waals surface area (Å²) >= 11 is 0. The average molecular weight is 346 g/mol. The molecule has 0 amide bonds. The summed E-state index contributed by atoms with van der Waals surface area (Å²) in [6.45, 7) is 0.191. The summed E-state index contributed by atoms with van der Waals surface area (Å²) in [4.78, 5) is 7.92. The number of hydrogen-bond donors (Lipinski definition) is 2. The maximum atomic E-state index is 12.9. The van der Waals surface area contributed by atoms with Gasteiger partial charge < -0.3 is 5.32 Å². The predicted octanol–water partition coefficient (Wildman–Crippen LogP) is 2.16. The number of nitriles is 1. The number of alkyl halides is 3. The summed E-state index contributed by atoms with van der Waals surface area (Å²) in [7, 11) is 0. The van der Waals surface area contributed by atoms with E-state index in [4.69, 9.17) is 5.26 Å². The van der Waals surface area contributed by atoms with Crippen LogP contribution in [0.15, 0.2) is 30.3 Å². The standard InChI is InChI=1S/C14H9F3N8/c15-14(16,17)9-3-1-2-8(4-9)10-5-11(21-12(6-18)20-10)19-7-13-22-24-25-23-13/h1-5H,7H2,(H,19,20,21)(H,22,23,24,25). The Morgan fingerprint density at radius 3 is 2.72 bits per heavy atom. The fraction of sp³-hybridized carbons (Fsp3) is 0.143. The molecule has 0 aliphatic carbocycles. The van der Waals surface area contributed by atoms with E-state index >= 15 is 0 Å². The molecular formula is C14H9F3N8. The van der Waals surface area contributed by atoms with Crippen LogP contribution in [0.25, 0.3) is 11.3 Å². The van der Waals surface area contributed by atoms with Crippen LogP contribution in [-0.4, -0.2) is 30.6 Å². The van der Waals surface area contributed by atoms with Gasteiger partial charge in [0.05, 0.1) is 17.8 Å². The topological polar surface area (TPSA) is 116 Å². The van der Waals surface area contributed by atoms with Gasteiger partial charge in [-0.25, -0.2) is 15.1 Å². The van der Waals surface area contributed by atoms with Crippen molar-refractivity contribution >= 4 is 5.82 Å². The second-order valence-electron chi connectivity index (χ2n) is 4.85. The minimum absolute atomic E-state index is 0.173. The summed E-state index contributed by atoms with van der Waals surface area (Å²) in [6.07, 6.45) is -4.47. The van der Waals surface area contributed by atoms with Gasteiger partial charge in [-0.3, -0.25) is 0 Å². The fourth-order valence-electron chi connectivity index (χ4n) is 2.02. The Morgan fingerprint density at radius 2 is 2.04 bits per heavy atom. The van der Waals surface area contributed by atoms with E-state index < -0.39 is 11.7 Å². The molecule has 2 heterocycles. The number of tetrazole rings is 1. The van der Waals surface area contributed by atoms with E-state index in [1.165, 1.54) is 18.2 Å². The first-order valence-electron chi connectivity index (χ1n) is 6.89. The van der Waals surface area contributed by atoms with E-state index in [9.17, 15) is 13.2 Å². The number of nitrogens with one attached hydrogen (secondary N) is 2. The van der Waals surface area contributed by atoms with Gasteiger partial charge >= 0.3 is 6.18 Å². The highest BCUT2D eigenvalue weighted by Crippen LogP contribution is 2.32. The summed E-state index contributed by atoms with van der Waals surface area (Å²) in [6, 6.07) is 7.91. The molecule has 0 spiro atoms. The Hall–Kier alpha value is -3.55. The van der Waals surface area contributed by atoms with Crippen molar-refractivity contribution in [1.82, 2.24) is 30.6 Å². The number of rotatable bonds is 4. The van der Waals surface area contributed by atoms with Crippen LogP contribution in [0.1, 0.15) is 17.2 Å². The maximum Gasteiger partial charge on any atom is 0.416 e. The normalized spacial score (nSPS) is 11.1. The number of H-pyrrole nitrogens is 1. The lowest BCUT2D eigenvalue weighted by molar-refractivity contribution is -0.137. The quantitative estimate of drug-likeness (QED) is 0.743. The maximum absolute atomic E-state index is 12.9. The highest BCUT2D eigenvalue weighted by molar-refractivity contribution is 5.64. The minimum atomic E-state index is -4.47. The first-order chi connectivity index (χ1) is 12.0. The molecule has 0 radical (unpaired) electrons. The zero-order valence-electron chi connectivity index (χ0n) is 12.4. The third kappa shape index (κ3) is 3.86. The Labute approximate surface area is 138 Å². The van der Waals surface area contributed by atoms with Crippen LogP contribution < -0.4 is 5.32 Å². The van der Waals surface area contributed by atoms with Crippen LogP contribution in [0.5, 0.6) is 0 Å². The number of anilines is 1. The van der Waals surface area contributed by atoms with Gasteiger partial charge in [0.2, 0.25) is 5.82 Å². The highest BCUT2D eigenvalue weighted by atomic mass is 19.4. The van der Waals surface area contributed by atoms with Crippen LogP contribution in [0, 0.1) is 11.3 Å². The van der Waals surface area contributed by atoms with Gasteiger partial charge in [0, 0.05) is 11.6 Å². The molecule has 0 aliphatic rings. The van der Waals surface area contributed by atoms with E-state index in [0.717, 1.165) is 12.1 Å². The Morgan fingerprint density at radius 1 is 1.20 bits per heavy atom. The summed E-state index contributed by atoms with van der Waals surface area (Å²) in [5.41, 5.74) is -0.390. The van der Waals surface area contributed by atoms with Gasteiger partial charge in [-0.15, -0.1) is 5.10 Å². The molecule has 0 aliphatic heterocycles. The molecule has 0 saturated heterocycles. The predicted molar refractivity (Wildman–Crippen MR) is 78.7 cm³/mol. The van der Waals surface area contributed by atoms with Crippen LogP contribution in [0.4, 0.5) is 19.0 Å². The monoisotopic (exact) mass is 346 g/mol. The molecule has 3 rings (SSSR count). The molecule has 0 fully saturated rings. The molecule has 8 nitrogen and oxygen atoms in total. The van der Waals surface area contributed by atoms with Crippen molar-refractivity contribution in [3.63, 3.8) is 0 Å². The molecule has 11 heteroatoms. The van der Waals surface area contributed by atoms with Gasteiger partial charge in [0.1, 0.15) is 11.9 Å². The van der Waals surface area contributed by atoms with E-state index in [0.29, 0.717) is 5.82 Å². The van der Waals surface area contributed by atoms with E-state index in [1.54, 1.807) is 6.07 Å². The van der Waals surface area contributed by atoms with Crippen LogP contribution >= 0.6 is 0 Å². The van der Waals surface area contributed by atoms with Gasteiger partial charge in [-0.2, -0.15) is 18.4 Å². The van der Waals surface area contributed by atoms with E-state index in [1.807, 2.05) is 0 Å². The van der Waals surface area contributed by atoms with Crippen LogP contribution in [0.2, 0.25) is 0 Å². The minimum Gasteiger partial charge on any atom is -0.363 e. The average Bonchev–Trinajstić information content (AvgIpc) is 3.12. The van der Waals surface area contributed by atoms with E-state index in [2.05, 4.69) is 35.9 Å². The Kier molecular flexibility index (Phi) is 4.25. The lowest BCUT2D eigenvalue weighted by Gasteiger charge is -2.10. The highest BCUT2D eigenvalue weighted by Gasteiger charge is 2.30. The van der Waals surface area contributed by atoms with Crippen LogP contribution in [-0.2, 0) is 12.7 Å².